The highest BCUT2D eigenvalue weighted by molar-refractivity contribution is 6.42. The van der Waals surface area contributed by atoms with Gasteiger partial charge in [-0.3, -0.25) is 9.59 Å². The van der Waals surface area contributed by atoms with Gasteiger partial charge in [0.1, 0.15) is 0 Å². The molecule has 6 heteroatoms. The number of hydrogen-bond donors (Lipinski definition) is 2. The fourth-order valence-electron chi connectivity index (χ4n) is 2.42. The van der Waals surface area contributed by atoms with Gasteiger partial charge in [0.25, 0.3) is 0 Å². The minimum absolute atomic E-state index is 0.312. The molecule has 0 spiro atoms. The Morgan fingerprint density at radius 3 is 2.57 bits per heavy atom. The molecule has 1 amide bonds. The third-order valence-electron chi connectivity index (χ3n) is 3.59. The number of amides is 1. The van der Waals surface area contributed by atoms with Gasteiger partial charge in [-0.05, 0) is 38.0 Å². The standard InChI is InChI=1S/C15H15Cl2NO3/c1-8-2-4-10(15(20)21)11(6-8)14(19)18-9-3-5-12(16)13(17)7-9/h2-3,5,7,10-11H,4,6H2,1H3,(H,18,19)(H,20,21)/t10-,11+/m1/s1. The van der Waals surface area contributed by atoms with E-state index in [1.54, 1.807) is 18.2 Å². The molecule has 1 aliphatic rings. The van der Waals surface area contributed by atoms with Crippen molar-refractivity contribution in [1.82, 2.24) is 0 Å². The number of aliphatic carboxylic acids is 1. The van der Waals surface area contributed by atoms with Gasteiger partial charge in [-0.25, -0.2) is 0 Å². The third-order valence-corrected chi connectivity index (χ3v) is 4.33. The van der Waals surface area contributed by atoms with Crippen molar-refractivity contribution in [3.63, 3.8) is 0 Å². The first-order valence-electron chi connectivity index (χ1n) is 6.53. The van der Waals surface area contributed by atoms with Crippen molar-refractivity contribution < 1.29 is 14.7 Å². The lowest BCUT2D eigenvalue weighted by Crippen LogP contribution is -2.35. The van der Waals surface area contributed by atoms with Crippen LogP contribution in [-0.2, 0) is 9.59 Å². The molecule has 2 rings (SSSR count). The van der Waals surface area contributed by atoms with Crippen LogP contribution in [0.3, 0.4) is 0 Å². The van der Waals surface area contributed by atoms with Gasteiger partial charge in [-0.2, -0.15) is 0 Å². The molecule has 4 nitrogen and oxygen atoms in total. The van der Waals surface area contributed by atoms with Crippen LogP contribution in [0, 0.1) is 11.8 Å². The summed E-state index contributed by atoms with van der Waals surface area (Å²) in [5.41, 5.74) is 1.53. The number of anilines is 1. The summed E-state index contributed by atoms with van der Waals surface area (Å²) in [6, 6.07) is 4.76. The fraction of sp³-hybridized carbons (Fsp3) is 0.333. The highest BCUT2D eigenvalue weighted by Gasteiger charge is 2.35. The van der Waals surface area contributed by atoms with Gasteiger partial charge in [-0.15, -0.1) is 0 Å². The molecule has 0 heterocycles. The molecule has 0 aliphatic heterocycles. The second-order valence-electron chi connectivity index (χ2n) is 5.16. The molecular weight excluding hydrogens is 313 g/mol. The van der Waals surface area contributed by atoms with Crippen molar-refractivity contribution in [2.75, 3.05) is 5.32 Å². The molecule has 0 fully saturated rings. The summed E-state index contributed by atoms with van der Waals surface area (Å²) in [4.78, 5) is 23.6. The van der Waals surface area contributed by atoms with E-state index >= 15 is 0 Å². The summed E-state index contributed by atoms with van der Waals surface area (Å²) in [7, 11) is 0. The molecule has 1 aliphatic carbocycles. The Labute approximate surface area is 132 Å². The summed E-state index contributed by atoms with van der Waals surface area (Å²) in [6.45, 7) is 1.90. The number of allylic oxidation sites excluding steroid dienone is 2. The van der Waals surface area contributed by atoms with Crippen LogP contribution in [0.25, 0.3) is 0 Å². The molecular formula is C15H15Cl2NO3. The second-order valence-corrected chi connectivity index (χ2v) is 5.97. The number of carboxylic acid groups (broad SMARTS) is 1. The molecule has 0 unspecified atom stereocenters. The average molecular weight is 328 g/mol. The minimum Gasteiger partial charge on any atom is -0.481 e. The van der Waals surface area contributed by atoms with Crippen LogP contribution in [0.15, 0.2) is 29.8 Å². The first kappa shape index (κ1) is 15.9. The number of carbonyl (C=O) groups is 2. The number of benzene rings is 1. The Morgan fingerprint density at radius 2 is 1.95 bits per heavy atom. The lowest BCUT2D eigenvalue weighted by Gasteiger charge is -2.26. The van der Waals surface area contributed by atoms with Crippen LogP contribution in [-0.4, -0.2) is 17.0 Å². The number of carbonyl (C=O) groups excluding carboxylic acids is 1. The fourth-order valence-corrected chi connectivity index (χ4v) is 2.72. The normalized spacial score (nSPS) is 21.6. The first-order chi connectivity index (χ1) is 9.88. The van der Waals surface area contributed by atoms with Crippen LogP contribution in [0.5, 0.6) is 0 Å². The molecule has 0 saturated carbocycles. The maximum atomic E-state index is 12.3. The summed E-state index contributed by atoms with van der Waals surface area (Å²) in [6.07, 6.45) is 2.70. The Morgan fingerprint density at radius 1 is 1.24 bits per heavy atom. The van der Waals surface area contributed by atoms with E-state index in [2.05, 4.69) is 5.32 Å². The van der Waals surface area contributed by atoms with E-state index in [4.69, 9.17) is 23.2 Å². The van der Waals surface area contributed by atoms with E-state index in [0.29, 0.717) is 28.6 Å². The van der Waals surface area contributed by atoms with E-state index in [9.17, 15) is 14.7 Å². The highest BCUT2D eigenvalue weighted by atomic mass is 35.5. The molecule has 112 valence electrons. The lowest BCUT2D eigenvalue weighted by atomic mass is 9.79. The van der Waals surface area contributed by atoms with Crippen molar-refractivity contribution >= 4 is 40.8 Å². The zero-order valence-electron chi connectivity index (χ0n) is 11.4. The number of nitrogens with one attached hydrogen (secondary N) is 1. The number of rotatable bonds is 3. The highest BCUT2D eigenvalue weighted by Crippen LogP contribution is 2.31. The average Bonchev–Trinajstić information content (AvgIpc) is 2.42. The smallest absolute Gasteiger partial charge is 0.307 e. The Hall–Kier alpha value is -1.52. The summed E-state index contributed by atoms with van der Waals surface area (Å²) < 4.78 is 0. The quantitative estimate of drug-likeness (QED) is 0.825. The number of carboxylic acids is 1. The molecule has 1 aromatic rings. The first-order valence-corrected chi connectivity index (χ1v) is 7.28. The van der Waals surface area contributed by atoms with Crippen molar-refractivity contribution in [2.45, 2.75) is 19.8 Å². The van der Waals surface area contributed by atoms with Crippen molar-refractivity contribution in [2.24, 2.45) is 11.8 Å². The molecule has 1 aromatic carbocycles. The maximum Gasteiger partial charge on any atom is 0.307 e. The van der Waals surface area contributed by atoms with E-state index in [1.807, 2.05) is 13.0 Å². The van der Waals surface area contributed by atoms with Gasteiger partial charge < -0.3 is 10.4 Å². The largest absolute Gasteiger partial charge is 0.481 e. The Bertz CT molecular complexity index is 613. The Balaban J connectivity index is 2.16. The van der Waals surface area contributed by atoms with E-state index < -0.39 is 17.8 Å². The molecule has 2 atom stereocenters. The third kappa shape index (κ3) is 3.77. The zero-order valence-corrected chi connectivity index (χ0v) is 12.9. The molecule has 0 aromatic heterocycles. The maximum absolute atomic E-state index is 12.3. The minimum atomic E-state index is -0.951. The van der Waals surface area contributed by atoms with Crippen molar-refractivity contribution in [3.8, 4) is 0 Å². The van der Waals surface area contributed by atoms with Crippen LogP contribution >= 0.6 is 23.2 Å². The van der Waals surface area contributed by atoms with E-state index in [0.717, 1.165) is 5.57 Å². The number of hydrogen-bond acceptors (Lipinski definition) is 2. The molecule has 0 saturated heterocycles. The molecule has 0 bridgehead atoms. The van der Waals surface area contributed by atoms with E-state index in [-0.39, 0.29) is 5.91 Å². The summed E-state index contributed by atoms with van der Waals surface area (Å²) in [5, 5.41) is 12.7. The van der Waals surface area contributed by atoms with Crippen LogP contribution < -0.4 is 5.32 Å². The van der Waals surface area contributed by atoms with Crippen LogP contribution in [0.4, 0.5) is 5.69 Å². The van der Waals surface area contributed by atoms with Gasteiger partial charge in [0.05, 0.1) is 21.9 Å². The van der Waals surface area contributed by atoms with Gasteiger partial charge in [0.2, 0.25) is 5.91 Å². The summed E-state index contributed by atoms with van der Waals surface area (Å²) >= 11 is 11.7. The van der Waals surface area contributed by atoms with Crippen molar-refractivity contribution in [1.29, 1.82) is 0 Å². The predicted molar refractivity (Wildman–Crippen MR) is 82.7 cm³/mol. The van der Waals surface area contributed by atoms with E-state index in [1.165, 1.54) is 0 Å². The van der Waals surface area contributed by atoms with Crippen molar-refractivity contribution in [3.05, 3.63) is 39.9 Å². The van der Waals surface area contributed by atoms with Gasteiger partial charge in [-0.1, -0.05) is 34.9 Å². The van der Waals surface area contributed by atoms with Crippen LogP contribution in [0.2, 0.25) is 10.0 Å². The molecule has 21 heavy (non-hydrogen) atoms. The summed E-state index contributed by atoms with van der Waals surface area (Å²) in [5.74, 6) is -2.54. The van der Waals surface area contributed by atoms with Gasteiger partial charge in [0, 0.05) is 5.69 Å². The lowest BCUT2D eigenvalue weighted by molar-refractivity contribution is -0.146. The predicted octanol–water partition coefficient (Wildman–Crippen LogP) is 3.99. The number of halogens is 2. The SMILES string of the molecule is CC1=CC[C@@H](C(=O)O)[C@@H](C(=O)Nc2ccc(Cl)c(Cl)c2)C1. The Kier molecular flexibility index (Phi) is 4.91. The topological polar surface area (TPSA) is 66.4 Å². The van der Waals surface area contributed by atoms with Crippen LogP contribution in [0.1, 0.15) is 19.8 Å². The van der Waals surface area contributed by atoms with Gasteiger partial charge in [0.15, 0.2) is 0 Å². The molecule has 2 N–H and O–H groups in total. The molecule has 0 radical (unpaired) electrons. The van der Waals surface area contributed by atoms with Gasteiger partial charge >= 0.3 is 5.97 Å². The monoisotopic (exact) mass is 327 g/mol. The second kappa shape index (κ2) is 6.50. The zero-order chi connectivity index (χ0) is 15.6.